The van der Waals surface area contributed by atoms with E-state index in [1.807, 2.05) is 6.92 Å². The number of hydrogen-bond donors (Lipinski definition) is 1. The topological polar surface area (TPSA) is 43.1 Å². The van der Waals surface area contributed by atoms with Crippen LogP contribution in [0, 0.1) is 18.7 Å². The van der Waals surface area contributed by atoms with Gasteiger partial charge in [0.15, 0.2) is 5.78 Å². The second-order valence-electron chi connectivity index (χ2n) is 4.52. The van der Waals surface area contributed by atoms with Crippen molar-refractivity contribution >= 4 is 5.78 Å². The molecule has 3 heteroatoms. The van der Waals surface area contributed by atoms with Crippen LogP contribution >= 0.6 is 0 Å². The molecule has 0 aromatic heterocycles. The minimum absolute atomic E-state index is 0.00185. The zero-order valence-corrected chi connectivity index (χ0v) is 9.37. The minimum Gasteiger partial charge on any atom is -0.327 e. The number of aryl methyl sites for hydroxylation is 1. The fourth-order valence-corrected chi connectivity index (χ4v) is 2.37. The largest absolute Gasteiger partial charge is 0.327 e. The molecule has 1 saturated carbocycles. The summed E-state index contributed by atoms with van der Waals surface area (Å²) < 4.78 is 13.1. The number of benzene rings is 1. The molecule has 1 aromatic carbocycles. The van der Waals surface area contributed by atoms with Crippen LogP contribution in [0.15, 0.2) is 18.2 Å². The second-order valence-corrected chi connectivity index (χ2v) is 4.52. The third-order valence-corrected chi connectivity index (χ3v) is 3.37. The Morgan fingerprint density at radius 2 is 2.19 bits per heavy atom. The lowest BCUT2D eigenvalue weighted by Gasteiger charge is -2.15. The minimum atomic E-state index is -0.361. The monoisotopic (exact) mass is 221 g/mol. The summed E-state index contributed by atoms with van der Waals surface area (Å²) in [5, 5.41) is 0. The highest BCUT2D eigenvalue weighted by molar-refractivity contribution is 5.99. The average Bonchev–Trinajstić information content (AvgIpc) is 2.67. The number of nitrogens with two attached hydrogens (primary N) is 1. The number of ketones is 1. The highest BCUT2D eigenvalue weighted by Crippen LogP contribution is 2.28. The van der Waals surface area contributed by atoms with E-state index in [-0.39, 0.29) is 23.6 Å². The number of carbonyl (C=O) groups is 1. The van der Waals surface area contributed by atoms with Crippen molar-refractivity contribution in [1.82, 2.24) is 0 Å². The molecule has 16 heavy (non-hydrogen) atoms. The highest BCUT2D eigenvalue weighted by Gasteiger charge is 2.31. The molecule has 1 aromatic rings. The van der Waals surface area contributed by atoms with Crippen LogP contribution in [0.3, 0.4) is 0 Å². The molecule has 0 aliphatic heterocycles. The van der Waals surface area contributed by atoms with Crippen LogP contribution in [0.25, 0.3) is 0 Å². The Morgan fingerprint density at radius 1 is 1.44 bits per heavy atom. The molecule has 0 amide bonds. The molecule has 0 spiro atoms. The van der Waals surface area contributed by atoms with E-state index in [2.05, 4.69) is 0 Å². The highest BCUT2D eigenvalue weighted by atomic mass is 19.1. The van der Waals surface area contributed by atoms with Crippen LogP contribution < -0.4 is 5.73 Å². The van der Waals surface area contributed by atoms with Gasteiger partial charge in [0, 0.05) is 17.5 Å². The Bertz CT molecular complexity index is 416. The summed E-state index contributed by atoms with van der Waals surface area (Å²) in [6, 6.07) is 4.28. The lowest BCUT2D eigenvalue weighted by Crippen LogP contribution is -2.31. The van der Waals surface area contributed by atoms with Gasteiger partial charge in [-0.25, -0.2) is 4.39 Å². The summed E-state index contributed by atoms with van der Waals surface area (Å²) in [6.07, 6.45) is 2.71. The summed E-state index contributed by atoms with van der Waals surface area (Å²) in [7, 11) is 0. The van der Waals surface area contributed by atoms with Gasteiger partial charge in [-0.05, 0) is 37.5 Å². The van der Waals surface area contributed by atoms with E-state index >= 15 is 0 Å². The van der Waals surface area contributed by atoms with E-state index in [4.69, 9.17) is 5.73 Å². The fraction of sp³-hybridized carbons (Fsp3) is 0.462. The summed E-state index contributed by atoms with van der Waals surface area (Å²) in [5.41, 5.74) is 7.20. The van der Waals surface area contributed by atoms with Gasteiger partial charge in [0.05, 0.1) is 0 Å². The quantitative estimate of drug-likeness (QED) is 0.779. The molecule has 2 rings (SSSR count). The second kappa shape index (κ2) is 4.34. The predicted octanol–water partition coefficient (Wildman–Crippen LogP) is 2.44. The molecule has 86 valence electrons. The zero-order chi connectivity index (χ0) is 11.7. The Labute approximate surface area is 94.6 Å². The van der Waals surface area contributed by atoms with E-state index in [1.54, 1.807) is 6.07 Å². The first kappa shape index (κ1) is 11.3. The fourth-order valence-electron chi connectivity index (χ4n) is 2.37. The number of rotatable bonds is 2. The average molecular weight is 221 g/mol. The Morgan fingerprint density at radius 3 is 2.81 bits per heavy atom. The summed E-state index contributed by atoms with van der Waals surface area (Å²) in [4.78, 5) is 12.2. The van der Waals surface area contributed by atoms with Crippen molar-refractivity contribution in [3.8, 4) is 0 Å². The molecule has 0 radical (unpaired) electrons. The van der Waals surface area contributed by atoms with E-state index < -0.39 is 0 Å². The molecule has 2 nitrogen and oxygen atoms in total. The number of carbonyl (C=O) groups excluding carboxylic acids is 1. The van der Waals surface area contributed by atoms with Crippen molar-refractivity contribution in [2.24, 2.45) is 11.7 Å². The normalized spacial score (nSPS) is 24.7. The van der Waals surface area contributed by atoms with E-state index in [9.17, 15) is 9.18 Å². The van der Waals surface area contributed by atoms with Gasteiger partial charge in [-0.2, -0.15) is 0 Å². The summed E-state index contributed by atoms with van der Waals surface area (Å²) in [5.74, 6) is -0.483. The van der Waals surface area contributed by atoms with Crippen molar-refractivity contribution in [3.05, 3.63) is 35.1 Å². The first-order valence-electron chi connectivity index (χ1n) is 5.65. The van der Waals surface area contributed by atoms with Crippen molar-refractivity contribution in [1.29, 1.82) is 0 Å². The zero-order valence-electron chi connectivity index (χ0n) is 9.37. The molecular formula is C13H16FNO. The maximum Gasteiger partial charge on any atom is 0.167 e. The van der Waals surface area contributed by atoms with Gasteiger partial charge in [0.2, 0.25) is 0 Å². The van der Waals surface area contributed by atoms with E-state index in [1.165, 1.54) is 12.1 Å². The SMILES string of the molecule is Cc1ccc(F)cc1C(=O)C1CCCC1N. The molecule has 0 saturated heterocycles. The Kier molecular flexibility index (Phi) is 3.06. The summed E-state index contributed by atoms with van der Waals surface area (Å²) >= 11 is 0. The molecule has 2 unspecified atom stereocenters. The molecule has 1 aliphatic rings. The van der Waals surface area contributed by atoms with Crippen LogP contribution in [0.5, 0.6) is 0 Å². The van der Waals surface area contributed by atoms with Gasteiger partial charge in [-0.3, -0.25) is 4.79 Å². The maximum atomic E-state index is 13.1. The van der Waals surface area contributed by atoms with Crippen LogP contribution in [-0.2, 0) is 0 Å². The van der Waals surface area contributed by atoms with Crippen molar-refractivity contribution < 1.29 is 9.18 Å². The van der Waals surface area contributed by atoms with Crippen LogP contribution in [-0.4, -0.2) is 11.8 Å². The molecule has 2 N–H and O–H groups in total. The van der Waals surface area contributed by atoms with E-state index in [0.29, 0.717) is 5.56 Å². The first-order valence-corrected chi connectivity index (χ1v) is 5.65. The lowest BCUT2D eigenvalue weighted by molar-refractivity contribution is 0.0912. The predicted molar refractivity (Wildman–Crippen MR) is 60.8 cm³/mol. The van der Waals surface area contributed by atoms with Crippen LogP contribution in [0.2, 0.25) is 0 Å². The summed E-state index contributed by atoms with van der Waals surface area (Å²) in [6.45, 7) is 1.83. The van der Waals surface area contributed by atoms with Crippen molar-refractivity contribution in [3.63, 3.8) is 0 Å². The number of hydrogen-bond acceptors (Lipinski definition) is 2. The molecule has 0 bridgehead atoms. The molecule has 0 heterocycles. The standard InChI is InChI=1S/C13H16FNO/c1-8-5-6-9(14)7-11(8)13(16)10-3-2-4-12(10)15/h5-7,10,12H,2-4,15H2,1H3. The van der Waals surface area contributed by atoms with Gasteiger partial charge >= 0.3 is 0 Å². The molecule has 1 aliphatic carbocycles. The van der Waals surface area contributed by atoms with Crippen molar-refractivity contribution in [2.45, 2.75) is 32.2 Å². The van der Waals surface area contributed by atoms with Gasteiger partial charge in [-0.15, -0.1) is 0 Å². The number of Topliss-reactive ketones (excluding diaryl/α,β-unsaturated/α-hetero) is 1. The van der Waals surface area contributed by atoms with Crippen molar-refractivity contribution in [2.75, 3.05) is 0 Å². The van der Waals surface area contributed by atoms with Crippen LogP contribution in [0.1, 0.15) is 35.2 Å². The number of halogens is 1. The van der Waals surface area contributed by atoms with Gasteiger partial charge < -0.3 is 5.73 Å². The molecule has 2 atom stereocenters. The third-order valence-electron chi connectivity index (χ3n) is 3.37. The van der Waals surface area contributed by atoms with E-state index in [0.717, 1.165) is 24.8 Å². The van der Waals surface area contributed by atoms with Gasteiger partial charge in [-0.1, -0.05) is 12.5 Å². The third kappa shape index (κ3) is 2.00. The lowest BCUT2D eigenvalue weighted by atomic mass is 9.91. The Hall–Kier alpha value is -1.22. The Balaban J connectivity index is 2.29. The van der Waals surface area contributed by atoms with Gasteiger partial charge in [0.25, 0.3) is 0 Å². The maximum absolute atomic E-state index is 13.1. The van der Waals surface area contributed by atoms with Gasteiger partial charge in [0.1, 0.15) is 5.82 Å². The molecule has 1 fully saturated rings. The smallest absolute Gasteiger partial charge is 0.167 e. The van der Waals surface area contributed by atoms with Crippen LogP contribution in [0.4, 0.5) is 4.39 Å². The molecular weight excluding hydrogens is 205 g/mol. The first-order chi connectivity index (χ1) is 7.59.